The number of alkyl halides is 3. The first kappa shape index (κ1) is 29.8. The zero-order valence-corrected chi connectivity index (χ0v) is 23.7. The van der Waals surface area contributed by atoms with Crippen LogP contribution in [0, 0.1) is 35.0 Å². The van der Waals surface area contributed by atoms with E-state index in [0.717, 1.165) is 6.26 Å². The lowest BCUT2D eigenvalue weighted by Gasteiger charge is -2.34. The summed E-state index contributed by atoms with van der Waals surface area (Å²) < 4.78 is 81.4. The second-order valence-corrected chi connectivity index (χ2v) is 14.2. The summed E-state index contributed by atoms with van der Waals surface area (Å²) in [5.74, 6) is 1.67. The predicted octanol–water partition coefficient (Wildman–Crippen LogP) is 4.53. The summed E-state index contributed by atoms with van der Waals surface area (Å²) in [7, 11) is -5.04. The molecule has 0 heterocycles. The van der Waals surface area contributed by atoms with E-state index in [1.807, 2.05) is 6.07 Å². The van der Waals surface area contributed by atoms with Crippen molar-refractivity contribution in [2.24, 2.45) is 11.8 Å². The lowest BCUT2D eigenvalue weighted by molar-refractivity contribution is -0.178. The topological polar surface area (TPSA) is 104 Å². The molecule has 11 heteroatoms. The molecule has 6 nitrogen and oxygen atoms in total. The quantitative estimate of drug-likeness (QED) is 0.433. The van der Waals surface area contributed by atoms with Crippen molar-refractivity contribution in [2.75, 3.05) is 18.3 Å². The number of sulfone groups is 1. The Hall–Kier alpha value is -3.15. The first-order valence-corrected chi connectivity index (χ1v) is 16.3. The third-order valence-corrected chi connectivity index (χ3v) is 9.15. The van der Waals surface area contributed by atoms with Crippen molar-refractivity contribution < 1.29 is 30.6 Å². The number of hydrogen-bond donors (Lipinski definition) is 1. The number of carbonyl (C=O) groups is 1. The highest BCUT2D eigenvalue weighted by molar-refractivity contribution is 7.90. The standard InChI is InChI=1S/C29H29F3N2O4S2/c1-39(36)25-11-7-22(8-12-25)21-5-9-24(10-6-21)28(29(30,31)32,14-13-20-3-4-20)17-23(18-40(2,37)38)26(35)34-27(19-33)15-16-27/h5-12,20,23H,3-4,15-18H2,1-2H3,(H,34,35)/t23-,28-,39?/m0/s1. The van der Waals surface area contributed by atoms with Crippen LogP contribution in [0.3, 0.4) is 0 Å². The van der Waals surface area contributed by atoms with E-state index in [0.29, 0.717) is 41.7 Å². The molecule has 2 fully saturated rings. The third kappa shape index (κ3) is 6.94. The lowest BCUT2D eigenvalue weighted by atomic mass is 9.73. The van der Waals surface area contributed by atoms with Gasteiger partial charge in [0.25, 0.3) is 0 Å². The molecule has 0 aromatic heterocycles. The van der Waals surface area contributed by atoms with Gasteiger partial charge in [-0.2, -0.15) is 18.4 Å². The van der Waals surface area contributed by atoms with Crippen molar-refractivity contribution in [3.8, 4) is 29.0 Å². The van der Waals surface area contributed by atoms with Gasteiger partial charge in [-0.05, 0) is 60.9 Å². The summed E-state index contributed by atoms with van der Waals surface area (Å²) >= 11 is 0. The van der Waals surface area contributed by atoms with Gasteiger partial charge in [0.05, 0.1) is 17.7 Å². The van der Waals surface area contributed by atoms with Crippen LogP contribution in [0.1, 0.15) is 37.7 Å². The molecule has 2 aliphatic rings. The third-order valence-electron chi connectivity index (χ3n) is 7.20. The molecule has 2 aliphatic carbocycles. The molecule has 212 valence electrons. The molecule has 0 bridgehead atoms. The van der Waals surface area contributed by atoms with Gasteiger partial charge in [0.2, 0.25) is 5.91 Å². The number of nitrogens with zero attached hydrogens (tertiary/aromatic N) is 1. The molecule has 1 amide bonds. The highest BCUT2D eigenvalue weighted by Crippen LogP contribution is 2.47. The van der Waals surface area contributed by atoms with E-state index in [1.165, 1.54) is 24.3 Å². The number of carbonyl (C=O) groups excluding carboxylic acids is 1. The molecule has 1 N–H and O–H groups in total. The van der Waals surface area contributed by atoms with E-state index in [9.17, 15) is 22.7 Å². The fraction of sp³-hybridized carbons (Fsp3) is 0.448. The predicted molar refractivity (Wildman–Crippen MR) is 146 cm³/mol. The van der Waals surface area contributed by atoms with Crippen molar-refractivity contribution in [3.63, 3.8) is 0 Å². The fourth-order valence-corrected chi connectivity index (χ4v) is 6.04. The zero-order chi connectivity index (χ0) is 29.3. The number of nitriles is 1. The molecule has 2 aromatic rings. The Morgan fingerprint density at radius 3 is 2.08 bits per heavy atom. The lowest BCUT2D eigenvalue weighted by Crippen LogP contribution is -2.48. The summed E-state index contributed by atoms with van der Waals surface area (Å²) in [6.45, 7) is 0. The first-order chi connectivity index (χ1) is 18.7. The van der Waals surface area contributed by atoms with E-state index in [-0.39, 0.29) is 11.5 Å². The minimum Gasteiger partial charge on any atom is -0.338 e. The molecule has 2 aromatic carbocycles. The minimum absolute atomic E-state index is 0.181. The van der Waals surface area contributed by atoms with Gasteiger partial charge in [0.15, 0.2) is 5.41 Å². The van der Waals surface area contributed by atoms with Crippen LogP contribution in [0.2, 0.25) is 0 Å². The minimum atomic E-state index is -4.94. The van der Waals surface area contributed by atoms with Gasteiger partial charge >= 0.3 is 6.18 Å². The first-order valence-electron chi connectivity index (χ1n) is 12.7. The maximum absolute atomic E-state index is 15.1. The van der Waals surface area contributed by atoms with Crippen LogP contribution in [-0.4, -0.2) is 48.5 Å². The van der Waals surface area contributed by atoms with Crippen LogP contribution in [0.4, 0.5) is 13.2 Å². The Labute approximate surface area is 234 Å². The maximum Gasteiger partial charge on any atom is 0.409 e. The monoisotopic (exact) mass is 590 g/mol. The average molecular weight is 591 g/mol. The molecule has 3 atom stereocenters. The molecule has 0 aliphatic heterocycles. The number of hydrogen-bond acceptors (Lipinski definition) is 5. The largest absolute Gasteiger partial charge is 0.409 e. The smallest absolute Gasteiger partial charge is 0.338 e. The van der Waals surface area contributed by atoms with Gasteiger partial charge in [-0.15, -0.1) is 0 Å². The molecule has 1 unspecified atom stereocenters. The number of nitrogens with one attached hydrogen (secondary N) is 1. The van der Waals surface area contributed by atoms with Gasteiger partial charge in [-0.1, -0.05) is 48.2 Å². The van der Waals surface area contributed by atoms with Crippen LogP contribution in [0.25, 0.3) is 11.1 Å². The van der Waals surface area contributed by atoms with Crippen LogP contribution in [-0.2, 0) is 30.8 Å². The zero-order valence-electron chi connectivity index (χ0n) is 22.0. The van der Waals surface area contributed by atoms with Crippen LogP contribution >= 0.6 is 0 Å². The number of amides is 1. The summed E-state index contributed by atoms with van der Waals surface area (Å²) in [5, 5.41) is 11.9. The van der Waals surface area contributed by atoms with Crippen LogP contribution in [0.5, 0.6) is 0 Å². The Morgan fingerprint density at radius 1 is 1.10 bits per heavy atom. The van der Waals surface area contributed by atoms with Gasteiger partial charge in [0.1, 0.15) is 15.4 Å². The number of rotatable bonds is 9. The van der Waals surface area contributed by atoms with Gasteiger partial charge < -0.3 is 5.32 Å². The van der Waals surface area contributed by atoms with E-state index in [2.05, 4.69) is 17.2 Å². The Bertz CT molecular complexity index is 1510. The van der Waals surface area contributed by atoms with Crippen LogP contribution in [0.15, 0.2) is 53.4 Å². The Balaban J connectivity index is 1.76. The Kier molecular flexibility index (Phi) is 8.22. The molecule has 4 rings (SSSR count). The molecular formula is C29H29F3N2O4S2. The van der Waals surface area contributed by atoms with Crippen molar-refractivity contribution in [1.82, 2.24) is 5.32 Å². The molecule has 2 saturated carbocycles. The van der Waals surface area contributed by atoms with Gasteiger partial charge in [-0.3, -0.25) is 9.00 Å². The van der Waals surface area contributed by atoms with Crippen molar-refractivity contribution in [1.29, 1.82) is 5.26 Å². The highest BCUT2D eigenvalue weighted by atomic mass is 32.2. The normalized spacial score (nSPS) is 19.2. The van der Waals surface area contributed by atoms with Crippen molar-refractivity contribution >= 4 is 26.5 Å². The summed E-state index contributed by atoms with van der Waals surface area (Å²) in [6, 6.07) is 14.4. The molecule has 0 radical (unpaired) electrons. The second kappa shape index (κ2) is 11.0. The SMILES string of the molecule is CS(=O)c1ccc(-c2ccc([C@](C#CC3CC3)(C[C@@H](CS(C)(=O)=O)C(=O)NC3(C#N)CC3)C(F)(F)F)cc2)cc1. The average Bonchev–Trinajstić information content (AvgIpc) is 3.81. The van der Waals surface area contributed by atoms with E-state index in [4.69, 9.17) is 0 Å². The van der Waals surface area contributed by atoms with E-state index in [1.54, 1.807) is 30.5 Å². The van der Waals surface area contributed by atoms with Crippen molar-refractivity contribution in [2.45, 2.75) is 54.1 Å². The number of halogens is 3. The highest BCUT2D eigenvalue weighted by Gasteiger charge is 2.57. The van der Waals surface area contributed by atoms with Gasteiger partial charge in [0, 0.05) is 34.1 Å². The van der Waals surface area contributed by atoms with E-state index < -0.39 is 61.8 Å². The van der Waals surface area contributed by atoms with Crippen LogP contribution < -0.4 is 5.32 Å². The summed E-state index contributed by atoms with van der Waals surface area (Å²) in [4.78, 5) is 13.8. The Morgan fingerprint density at radius 2 is 1.65 bits per heavy atom. The van der Waals surface area contributed by atoms with Gasteiger partial charge in [-0.25, -0.2) is 8.42 Å². The second-order valence-electron chi connectivity index (χ2n) is 10.7. The van der Waals surface area contributed by atoms with E-state index >= 15 is 13.2 Å². The molecule has 0 spiro atoms. The number of benzene rings is 2. The summed E-state index contributed by atoms with van der Waals surface area (Å²) in [5.41, 5.74) is -2.85. The van der Waals surface area contributed by atoms with Crippen molar-refractivity contribution in [3.05, 3.63) is 54.1 Å². The molecule has 40 heavy (non-hydrogen) atoms. The molecule has 0 saturated heterocycles. The summed E-state index contributed by atoms with van der Waals surface area (Å²) in [6.07, 6.45) is -1.38. The maximum atomic E-state index is 15.1. The fourth-order valence-electron chi connectivity index (χ4n) is 4.52. The molecular weight excluding hydrogens is 561 g/mol.